The molecule has 2 rings (SSSR count). The third-order valence-corrected chi connectivity index (χ3v) is 2.84. The first-order valence-corrected chi connectivity index (χ1v) is 5.66. The second kappa shape index (κ2) is 4.23. The zero-order valence-electron chi connectivity index (χ0n) is 8.08. The summed E-state index contributed by atoms with van der Waals surface area (Å²) in [5, 5.41) is 0. The quantitative estimate of drug-likeness (QED) is 0.708. The number of rotatable bonds is 1. The third-order valence-electron chi connectivity index (χ3n) is 2.10. The summed E-state index contributed by atoms with van der Waals surface area (Å²) in [6.45, 7) is 0. The molecular formula is C10H8BrN3OS. The van der Waals surface area contributed by atoms with Gasteiger partial charge in [-0.25, -0.2) is 0 Å². The summed E-state index contributed by atoms with van der Waals surface area (Å²) in [4.78, 5) is 16.9. The Morgan fingerprint density at radius 3 is 2.38 bits per heavy atom. The first-order valence-electron chi connectivity index (χ1n) is 4.46. The molecule has 1 heterocycles. The van der Waals surface area contributed by atoms with E-state index in [1.165, 1.54) is 0 Å². The van der Waals surface area contributed by atoms with Crippen LogP contribution < -0.4 is 11.3 Å². The molecule has 4 nitrogen and oxygen atoms in total. The molecule has 1 aromatic carbocycles. The SMILES string of the molecule is Nc1[nH]c(=S)[nH]c(=O)c1-c1ccc(Br)cc1. The fourth-order valence-corrected chi connectivity index (χ4v) is 1.87. The monoisotopic (exact) mass is 297 g/mol. The van der Waals surface area contributed by atoms with E-state index < -0.39 is 0 Å². The lowest BCUT2D eigenvalue weighted by Gasteiger charge is -2.04. The Kier molecular flexibility index (Phi) is 2.93. The number of aromatic amines is 2. The molecule has 0 unspecified atom stereocenters. The van der Waals surface area contributed by atoms with Crippen molar-refractivity contribution in [3.63, 3.8) is 0 Å². The number of nitrogen functional groups attached to an aromatic ring is 1. The summed E-state index contributed by atoms with van der Waals surface area (Å²) in [5.41, 5.74) is 6.60. The van der Waals surface area contributed by atoms with Gasteiger partial charge in [-0.05, 0) is 29.9 Å². The molecule has 0 fully saturated rings. The van der Waals surface area contributed by atoms with Gasteiger partial charge in [-0.2, -0.15) is 0 Å². The number of hydrogen-bond donors (Lipinski definition) is 3. The van der Waals surface area contributed by atoms with Crippen LogP contribution in [-0.2, 0) is 0 Å². The lowest BCUT2D eigenvalue weighted by atomic mass is 10.1. The molecule has 0 atom stereocenters. The summed E-state index contributed by atoms with van der Waals surface area (Å²) < 4.78 is 1.17. The van der Waals surface area contributed by atoms with Crippen molar-refractivity contribution in [2.45, 2.75) is 0 Å². The number of anilines is 1. The van der Waals surface area contributed by atoms with Crippen LogP contribution in [-0.4, -0.2) is 9.97 Å². The molecule has 16 heavy (non-hydrogen) atoms. The largest absolute Gasteiger partial charge is 0.385 e. The average Bonchev–Trinajstić information content (AvgIpc) is 2.19. The molecule has 1 aromatic heterocycles. The van der Waals surface area contributed by atoms with E-state index in [9.17, 15) is 4.79 Å². The van der Waals surface area contributed by atoms with Crippen molar-refractivity contribution in [3.8, 4) is 11.1 Å². The smallest absolute Gasteiger partial charge is 0.261 e. The molecule has 6 heteroatoms. The van der Waals surface area contributed by atoms with Gasteiger partial charge in [0.15, 0.2) is 4.77 Å². The number of aromatic nitrogens is 2. The van der Waals surface area contributed by atoms with E-state index in [0.717, 1.165) is 10.0 Å². The van der Waals surface area contributed by atoms with E-state index >= 15 is 0 Å². The fraction of sp³-hybridized carbons (Fsp3) is 0. The van der Waals surface area contributed by atoms with Crippen molar-refractivity contribution in [1.29, 1.82) is 0 Å². The van der Waals surface area contributed by atoms with Crippen LogP contribution in [0, 0.1) is 4.77 Å². The Labute approximate surface area is 105 Å². The predicted molar refractivity (Wildman–Crippen MR) is 69.8 cm³/mol. The topological polar surface area (TPSA) is 74.7 Å². The molecule has 82 valence electrons. The zero-order valence-corrected chi connectivity index (χ0v) is 10.5. The molecule has 4 N–H and O–H groups in total. The Morgan fingerprint density at radius 2 is 1.81 bits per heavy atom. The molecule has 0 aliphatic rings. The van der Waals surface area contributed by atoms with Gasteiger partial charge in [0, 0.05) is 4.47 Å². The number of hydrogen-bond acceptors (Lipinski definition) is 3. The lowest BCUT2D eigenvalue weighted by molar-refractivity contribution is 1.10. The highest BCUT2D eigenvalue weighted by atomic mass is 79.9. The van der Waals surface area contributed by atoms with Gasteiger partial charge in [-0.1, -0.05) is 28.1 Å². The Balaban J connectivity index is 2.69. The second-order valence-corrected chi connectivity index (χ2v) is 4.53. The fourth-order valence-electron chi connectivity index (χ4n) is 1.41. The van der Waals surface area contributed by atoms with Gasteiger partial charge in [0.25, 0.3) is 5.56 Å². The minimum atomic E-state index is -0.288. The first-order chi connectivity index (χ1) is 7.58. The predicted octanol–water partition coefficient (Wildman–Crippen LogP) is 2.44. The number of nitrogens with two attached hydrogens (primary N) is 1. The summed E-state index contributed by atoms with van der Waals surface area (Å²) in [6.07, 6.45) is 0. The molecule has 0 aliphatic carbocycles. The van der Waals surface area contributed by atoms with Crippen molar-refractivity contribution in [2.75, 3.05) is 5.73 Å². The van der Waals surface area contributed by atoms with Crippen molar-refractivity contribution >= 4 is 34.0 Å². The normalized spacial score (nSPS) is 10.3. The molecule has 0 saturated carbocycles. The maximum Gasteiger partial charge on any atom is 0.261 e. The molecule has 2 aromatic rings. The first kappa shape index (κ1) is 11.1. The van der Waals surface area contributed by atoms with Crippen LogP contribution in [0.25, 0.3) is 11.1 Å². The van der Waals surface area contributed by atoms with E-state index in [0.29, 0.717) is 5.56 Å². The molecule has 0 spiro atoms. The van der Waals surface area contributed by atoms with E-state index in [4.69, 9.17) is 18.0 Å². The number of H-pyrrole nitrogens is 2. The van der Waals surface area contributed by atoms with E-state index in [1.54, 1.807) is 0 Å². The van der Waals surface area contributed by atoms with Crippen molar-refractivity contribution < 1.29 is 0 Å². The van der Waals surface area contributed by atoms with E-state index in [-0.39, 0.29) is 16.1 Å². The average molecular weight is 298 g/mol. The Morgan fingerprint density at radius 1 is 1.19 bits per heavy atom. The highest BCUT2D eigenvalue weighted by molar-refractivity contribution is 9.10. The van der Waals surface area contributed by atoms with Crippen LogP contribution in [0.1, 0.15) is 0 Å². The second-order valence-electron chi connectivity index (χ2n) is 3.20. The van der Waals surface area contributed by atoms with Crippen LogP contribution in [0.4, 0.5) is 5.82 Å². The maximum absolute atomic E-state index is 11.7. The highest BCUT2D eigenvalue weighted by Crippen LogP contribution is 2.21. The van der Waals surface area contributed by atoms with Crippen molar-refractivity contribution in [1.82, 2.24) is 9.97 Å². The van der Waals surface area contributed by atoms with Gasteiger partial charge in [0.1, 0.15) is 5.82 Å². The molecule has 0 saturated heterocycles. The van der Waals surface area contributed by atoms with Gasteiger partial charge in [-0.3, -0.25) is 9.78 Å². The van der Waals surface area contributed by atoms with Crippen LogP contribution in [0.2, 0.25) is 0 Å². The minimum Gasteiger partial charge on any atom is -0.385 e. The Hall–Kier alpha value is -1.40. The molecule has 0 radical (unpaired) electrons. The maximum atomic E-state index is 11.7. The van der Waals surface area contributed by atoms with Crippen LogP contribution in [0.3, 0.4) is 0 Å². The van der Waals surface area contributed by atoms with Crippen LogP contribution >= 0.6 is 28.1 Å². The van der Waals surface area contributed by atoms with E-state index in [2.05, 4.69) is 25.9 Å². The van der Waals surface area contributed by atoms with Gasteiger partial charge >= 0.3 is 0 Å². The van der Waals surface area contributed by atoms with Gasteiger partial charge in [0.2, 0.25) is 0 Å². The van der Waals surface area contributed by atoms with Crippen LogP contribution in [0.15, 0.2) is 33.5 Å². The van der Waals surface area contributed by atoms with E-state index in [1.807, 2.05) is 24.3 Å². The Bertz CT molecular complexity index is 630. The van der Waals surface area contributed by atoms with Gasteiger partial charge in [0.05, 0.1) is 5.56 Å². The van der Waals surface area contributed by atoms with Gasteiger partial charge in [-0.15, -0.1) is 0 Å². The summed E-state index contributed by atoms with van der Waals surface area (Å²) in [7, 11) is 0. The number of nitrogens with one attached hydrogen (secondary N) is 2. The van der Waals surface area contributed by atoms with Crippen molar-refractivity contribution in [2.24, 2.45) is 0 Å². The summed E-state index contributed by atoms with van der Waals surface area (Å²) in [6, 6.07) is 7.30. The molecule has 0 aliphatic heterocycles. The highest BCUT2D eigenvalue weighted by Gasteiger charge is 2.07. The summed E-state index contributed by atoms with van der Waals surface area (Å²) in [5.74, 6) is 0.274. The summed E-state index contributed by atoms with van der Waals surface area (Å²) >= 11 is 8.14. The zero-order chi connectivity index (χ0) is 11.7. The van der Waals surface area contributed by atoms with Gasteiger partial charge < -0.3 is 10.7 Å². The number of halogens is 1. The standard InChI is InChI=1S/C10H8BrN3OS/c11-6-3-1-5(2-4-6)7-8(12)13-10(16)14-9(7)15/h1-4H,(H4,12,13,14,15,16). The number of benzene rings is 1. The van der Waals surface area contributed by atoms with Crippen LogP contribution in [0.5, 0.6) is 0 Å². The van der Waals surface area contributed by atoms with Crippen molar-refractivity contribution in [3.05, 3.63) is 43.9 Å². The molecule has 0 amide bonds. The molecular weight excluding hydrogens is 290 g/mol. The lowest BCUT2D eigenvalue weighted by Crippen LogP contribution is -2.13. The molecule has 0 bridgehead atoms. The third kappa shape index (κ3) is 2.07. The minimum absolute atomic E-state index is 0.225.